The molecule has 1 aromatic rings. The highest BCUT2D eigenvalue weighted by Crippen LogP contribution is 2.34. The molecule has 0 aliphatic heterocycles. The van der Waals surface area contributed by atoms with Crippen LogP contribution in [0, 0.1) is 0 Å². The maximum atomic E-state index is 10.1. The van der Waals surface area contributed by atoms with E-state index < -0.39 is 0 Å². The van der Waals surface area contributed by atoms with Gasteiger partial charge < -0.3 is 14.6 Å². The normalized spacial score (nSPS) is 11.3. The van der Waals surface area contributed by atoms with E-state index in [0.29, 0.717) is 30.0 Å². The maximum Gasteiger partial charge on any atom is 0.162 e. The fourth-order valence-corrected chi connectivity index (χ4v) is 2.08. The Bertz CT molecular complexity index is 410. The summed E-state index contributed by atoms with van der Waals surface area (Å²) in [6, 6.07) is 3.72. The molecular weight excluding hydrogens is 266 g/mol. The lowest BCUT2D eigenvalue weighted by Gasteiger charge is -2.26. The van der Waals surface area contributed by atoms with Crippen LogP contribution >= 0.6 is 11.6 Å². The van der Waals surface area contributed by atoms with Crippen LogP contribution in [0.25, 0.3) is 0 Å². The molecule has 0 saturated carbocycles. The van der Waals surface area contributed by atoms with Crippen LogP contribution in [-0.2, 0) is 11.3 Å². The molecule has 0 spiro atoms. The van der Waals surface area contributed by atoms with E-state index in [4.69, 9.17) is 21.1 Å². The van der Waals surface area contributed by atoms with Crippen molar-refractivity contribution in [2.24, 2.45) is 0 Å². The minimum atomic E-state index is 0.148. The summed E-state index contributed by atoms with van der Waals surface area (Å²) in [5, 5.41) is 10.7. The second kappa shape index (κ2) is 7.58. The van der Waals surface area contributed by atoms with Crippen LogP contribution in [0.3, 0.4) is 0 Å². The van der Waals surface area contributed by atoms with E-state index in [1.165, 1.54) is 7.11 Å². The molecule has 0 radical (unpaired) electrons. The Hall–Kier alpha value is -0.970. The number of hydrogen-bond donors (Lipinski definition) is 1. The molecule has 0 amide bonds. The Labute approximate surface area is 119 Å². The monoisotopic (exact) mass is 287 g/mol. The zero-order valence-electron chi connectivity index (χ0n) is 11.9. The Morgan fingerprint density at radius 1 is 1.32 bits per heavy atom. The summed E-state index contributed by atoms with van der Waals surface area (Å²) < 4.78 is 10.2. The molecule has 0 atom stereocenters. The van der Waals surface area contributed by atoms with Crippen LogP contribution in [0.1, 0.15) is 19.4 Å². The van der Waals surface area contributed by atoms with Crippen molar-refractivity contribution < 1.29 is 14.6 Å². The molecule has 0 bridgehead atoms. The number of hydrogen-bond acceptors (Lipinski definition) is 4. The zero-order chi connectivity index (χ0) is 14.4. The van der Waals surface area contributed by atoms with Gasteiger partial charge in [0.1, 0.15) is 0 Å². The predicted octanol–water partition coefficient (Wildman–Crippen LogP) is 2.91. The van der Waals surface area contributed by atoms with Gasteiger partial charge in [0.2, 0.25) is 0 Å². The first kappa shape index (κ1) is 16.1. The maximum absolute atomic E-state index is 10.1. The van der Waals surface area contributed by atoms with Gasteiger partial charge in [-0.15, -0.1) is 0 Å². The first-order valence-corrected chi connectivity index (χ1v) is 6.65. The SMILES string of the molecule is COCCN(Cc1cc(Cl)cc(OC)c1O)C(C)C. The van der Waals surface area contributed by atoms with Crippen LogP contribution in [-0.4, -0.2) is 43.4 Å². The highest BCUT2D eigenvalue weighted by atomic mass is 35.5. The molecule has 0 saturated heterocycles. The summed E-state index contributed by atoms with van der Waals surface area (Å²) in [4.78, 5) is 2.20. The first-order valence-electron chi connectivity index (χ1n) is 6.28. The molecule has 0 unspecified atom stereocenters. The lowest BCUT2D eigenvalue weighted by atomic mass is 10.1. The van der Waals surface area contributed by atoms with Crippen molar-refractivity contribution in [2.75, 3.05) is 27.4 Å². The number of phenolic OH excluding ortho intramolecular Hbond substituents is 1. The minimum absolute atomic E-state index is 0.148. The molecule has 0 heterocycles. The lowest BCUT2D eigenvalue weighted by Crippen LogP contribution is -2.33. The summed E-state index contributed by atoms with van der Waals surface area (Å²) in [5.41, 5.74) is 0.758. The van der Waals surface area contributed by atoms with Crippen LogP contribution < -0.4 is 4.74 Å². The third-order valence-corrected chi connectivity index (χ3v) is 3.24. The standard InChI is InChI=1S/C14H22ClNO3/c1-10(2)16(5-6-18-3)9-11-7-12(15)8-13(19-4)14(11)17/h7-8,10,17H,5-6,9H2,1-4H3. The van der Waals surface area contributed by atoms with Crippen LogP contribution in [0.5, 0.6) is 11.5 Å². The highest BCUT2D eigenvalue weighted by molar-refractivity contribution is 6.30. The van der Waals surface area contributed by atoms with Crippen molar-refractivity contribution >= 4 is 11.6 Å². The van der Waals surface area contributed by atoms with Crippen molar-refractivity contribution in [3.8, 4) is 11.5 Å². The van der Waals surface area contributed by atoms with Crippen molar-refractivity contribution in [2.45, 2.75) is 26.4 Å². The van der Waals surface area contributed by atoms with E-state index in [2.05, 4.69) is 18.7 Å². The van der Waals surface area contributed by atoms with Gasteiger partial charge in [0, 0.05) is 42.9 Å². The van der Waals surface area contributed by atoms with Gasteiger partial charge >= 0.3 is 0 Å². The number of ether oxygens (including phenoxy) is 2. The van der Waals surface area contributed by atoms with Crippen molar-refractivity contribution in [3.63, 3.8) is 0 Å². The Morgan fingerprint density at radius 2 is 2.00 bits per heavy atom. The number of nitrogens with zero attached hydrogens (tertiary/aromatic N) is 1. The van der Waals surface area contributed by atoms with Crippen LogP contribution in [0.4, 0.5) is 0 Å². The summed E-state index contributed by atoms with van der Waals surface area (Å²) >= 11 is 6.03. The van der Waals surface area contributed by atoms with Crippen LogP contribution in [0.2, 0.25) is 5.02 Å². The van der Waals surface area contributed by atoms with Gasteiger partial charge in [-0.2, -0.15) is 0 Å². The quantitative estimate of drug-likeness (QED) is 0.837. The largest absolute Gasteiger partial charge is 0.504 e. The second-order valence-electron chi connectivity index (χ2n) is 4.67. The second-order valence-corrected chi connectivity index (χ2v) is 5.11. The van der Waals surface area contributed by atoms with Crippen molar-refractivity contribution in [1.29, 1.82) is 0 Å². The number of phenols is 1. The average molecular weight is 288 g/mol. The molecule has 108 valence electrons. The third-order valence-electron chi connectivity index (χ3n) is 3.02. The van der Waals surface area contributed by atoms with E-state index in [9.17, 15) is 5.11 Å². The molecular formula is C14H22ClNO3. The molecule has 19 heavy (non-hydrogen) atoms. The fraction of sp³-hybridized carbons (Fsp3) is 0.571. The molecule has 0 aromatic heterocycles. The number of benzene rings is 1. The van der Waals surface area contributed by atoms with E-state index in [1.807, 2.05) is 0 Å². The van der Waals surface area contributed by atoms with Gasteiger partial charge in [-0.05, 0) is 19.9 Å². The molecule has 4 nitrogen and oxygen atoms in total. The topological polar surface area (TPSA) is 41.9 Å². The molecule has 5 heteroatoms. The Balaban J connectivity index is 2.92. The molecule has 0 aliphatic rings. The number of halogens is 1. The molecule has 0 fully saturated rings. The zero-order valence-corrected chi connectivity index (χ0v) is 12.7. The van der Waals surface area contributed by atoms with E-state index in [-0.39, 0.29) is 5.75 Å². The smallest absolute Gasteiger partial charge is 0.162 e. The van der Waals surface area contributed by atoms with Gasteiger partial charge in [-0.1, -0.05) is 11.6 Å². The van der Waals surface area contributed by atoms with Crippen molar-refractivity contribution in [3.05, 3.63) is 22.7 Å². The fourth-order valence-electron chi connectivity index (χ4n) is 1.85. The predicted molar refractivity (Wildman–Crippen MR) is 77.1 cm³/mol. The minimum Gasteiger partial charge on any atom is -0.504 e. The lowest BCUT2D eigenvalue weighted by molar-refractivity contribution is 0.124. The highest BCUT2D eigenvalue weighted by Gasteiger charge is 2.15. The van der Waals surface area contributed by atoms with E-state index in [0.717, 1.165) is 12.1 Å². The number of aromatic hydroxyl groups is 1. The Morgan fingerprint density at radius 3 is 2.53 bits per heavy atom. The number of rotatable bonds is 7. The van der Waals surface area contributed by atoms with E-state index in [1.54, 1.807) is 19.2 Å². The van der Waals surface area contributed by atoms with Gasteiger partial charge in [0.15, 0.2) is 11.5 Å². The van der Waals surface area contributed by atoms with Crippen molar-refractivity contribution in [1.82, 2.24) is 4.90 Å². The first-order chi connectivity index (χ1) is 8.99. The Kier molecular flexibility index (Phi) is 6.42. The molecule has 1 N–H and O–H groups in total. The number of methoxy groups -OCH3 is 2. The summed E-state index contributed by atoms with van der Waals surface area (Å²) in [5.74, 6) is 0.549. The van der Waals surface area contributed by atoms with E-state index >= 15 is 0 Å². The summed E-state index contributed by atoms with van der Waals surface area (Å²) in [6.45, 7) is 6.26. The van der Waals surface area contributed by atoms with Gasteiger partial charge in [-0.3, -0.25) is 4.90 Å². The summed E-state index contributed by atoms with van der Waals surface area (Å²) in [6.07, 6.45) is 0. The third kappa shape index (κ3) is 4.56. The summed E-state index contributed by atoms with van der Waals surface area (Å²) in [7, 11) is 3.19. The average Bonchev–Trinajstić information content (AvgIpc) is 2.37. The van der Waals surface area contributed by atoms with Gasteiger partial charge in [0.05, 0.1) is 13.7 Å². The molecule has 1 aromatic carbocycles. The van der Waals surface area contributed by atoms with Crippen LogP contribution in [0.15, 0.2) is 12.1 Å². The van der Waals surface area contributed by atoms with Gasteiger partial charge in [-0.25, -0.2) is 0 Å². The van der Waals surface area contributed by atoms with Gasteiger partial charge in [0.25, 0.3) is 0 Å². The molecule has 1 rings (SSSR count). The molecule has 0 aliphatic carbocycles.